The van der Waals surface area contributed by atoms with E-state index in [-0.39, 0.29) is 12.4 Å². The SMILES string of the molecule is COC(=O)CCCCCCCCCCCCCC(Cl)(Cl)[N+](=O)[O-]. The highest BCUT2D eigenvalue weighted by Crippen LogP contribution is 2.28. The summed E-state index contributed by atoms with van der Waals surface area (Å²) in [6, 6.07) is 0. The van der Waals surface area contributed by atoms with Crippen molar-refractivity contribution in [3.8, 4) is 0 Å². The number of hydrogen-bond acceptors (Lipinski definition) is 4. The number of ether oxygens (including phenoxy) is 1. The monoisotopic (exact) mass is 369 g/mol. The Hall–Kier alpha value is -0.550. The minimum atomic E-state index is -1.83. The van der Waals surface area contributed by atoms with Crippen LogP contribution in [0.4, 0.5) is 0 Å². The summed E-state index contributed by atoms with van der Waals surface area (Å²) in [5.41, 5.74) is 0. The second kappa shape index (κ2) is 13.8. The molecule has 0 aromatic carbocycles. The van der Waals surface area contributed by atoms with Gasteiger partial charge in [-0.05, 0) is 36.0 Å². The molecule has 0 bridgehead atoms. The normalized spacial score (nSPS) is 11.4. The molecule has 0 unspecified atom stereocenters. The fourth-order valence-electron chi connectivity index (χ4n) is 2.39. The molecule has 0 N–H and O–H groups in total. The van der Waals surface area contributed by atoms with E-state index in [0.717, 1.165) is 32.1 Å². The van der Waals surface area contributed by atoms with Gasteiger partial charge in [-0.25, -0.2) is 0 Å². The van der Waals surface area contributed by atoms with Gasteiger partial charge in [0, 0.05) is 12.8 Å². The summed E-state index contributed by atoms with van der Waals surface area (Å²) in [5.74, 6) is -0.121. The Morgan fingerprint density at radius 2 is 1.30 bits per heavy atom. The van der Waals surface area contributed by atoms with Crippen LogP contribution in [-0.2, 0) is 9.53 Å². The van der Waals surface area contributed by atoms with E-state index >= 15 is 0 Å². The Morgan fingerprint density at radius 3 is 1.70 bits per heavy atom. The van der Waals surface area contributed by atoms with Crippen LogP contribution < -0.4 is 0 Å². The number of carbonyl (C=O) groups is 1. The van der Waals surface area contributed by atoms with E-state index in [4.69, 9.17) is 23.2 Å². The van der Waals surface area contributed by atoms with Crippen molar-refractivity contribution in [2.75, 3.05) is 7.11 Å². The number of alkyl halides is 2. The van der Waals surface area contributed by atoms with Crippen LogP contribution in [0.3, 0.4) is 0 Å². The van der Waals surface area contributed by atoms with E-state index in [2.05, 4.69) is 4.74 Å². The zero-order chi connectivity index (χ0) is 17.6. The van der Waals surface area contributed by atoms with Gasteiger partial charge in [0.15, 0.2) is 0 Å². The molecule has 0 aliphatic carbocycles. The number of nitrogens with zero attached hydrogens (tertiary/aromatic N) is 1. The topological polar surface area (TPSA) is 69.4 Å². The quantitative estimate of drug-likeness (QED) is 0.0934. The zero-order valence-electron chi connectivity index (χ0n) is 14.0. The smallest absolute Gasteiger partial charge is 0.370 e. The highest BCUT2D eigenvalue weighted by atomic mass is 35.5. The van der Waals surface area contributed by atoms with Crippen LogP contribution in [0.15, 0.2) is 0 Å². The van der Waals surface area contributed by atoms with E-state index in [1.54, 1.807) is 0 Å². The number of halogens is 2. The van der Waals surface area contributed by atoms with E-state index in [0.29, 0.717) is 12.8 Å². The first-order valence-corrected chi connectivity index (χ1v) is 9.25. The summed E-state index contributed by atoms with van der Waals surface area (Å²) >= 11 is 11.1. The van der Waals surface area contributed by atoms with Gasteiger partial charge in [-0.1, -0.05) is 57.8 Å². The van der Waals surface area contributed by atoms with Gasteiger partial charge in [0.25, 0.3) is 0 Å². The third-order valence-corrected chi connectivity index (χ3v) is 4.51. The fourth-order valence-corrected chi connectivity index (χ4v) is 2.66. The van der Waals surface area contributed by atoms with Crippen molar-refractivity contribution in [1.29, 1.82) is 0 Å². The van der Waals surface area contributed by atoms with Crippen LogP contribution in [-0.4, -0.2) is 22.5 Å². The van der Waals surface area contributed by atoms with Crippen LogP contribution in [0.2, 0.25) is 0 Å². The van der Waals surface area contributed by atoms with Crippen molar-refractivity contribution in [1.82, 2.24) is 0 Å². The van der Waals surface area contributed by atoms with Crippen LogP contribution in [0.5, 0.6) is 0 Å². The Bertz CT molecular complexity index is 338. The van der Waals surface area contributed by atoms with E-state index < -0.39 is 9.38 Å². The molecule has 0 aromatic rings. The minimum absolute atomic E-state index is 0.121. The average molecular weight is 370 g/mol. The molecule has 23 heavy (non-hydrogen) atoms. The van der Waals surface area contributed by atoms with E-state index in [9.17, 15) is 14.9 Å². The number of carbonyl (C=O) groups excluding carboxylic acids is 1. The standard InChI is InChI=1S/C16H29Cl2NO4/c1-23-15(20)13-11-9-7-5-3-2-4-6-8-10-12-14-16(17,18)19(21)22/h2-14H2,1H3. The van der Waals surface area contributed by atoms with Crippen molar-refractivity contribution >= 4 is 29.2 Å². The largest absolute Gasteiger partial charge is 0.469 e. The molecule has 136 valence electrons. The molecule has 0 saturated carbocycles. The Balaban J connectivity index is 3.22. The molecular weight excluding hydrogens is 341 g/mol. The number of hydrogen-bond donors (Lipinski definition) is 0. The molecule has 0 atom stereocenters. The van der Waals surface area contributed by atoms with Crippen LogP contribution in [0.25, 0.3) is 0 Å². The molecule has 0 aliphatic heterocycles. The first kappa shape index (κ1) is 22.4. The van der Waals surface area contributed by atoms with Gasteiger partial charge in [-0.3, -0.25) is 14.9 Å². The summed E-state index contributed by atoms with van der Waals surface area (Å²) in [4.78, 5) is 20.8. The summed E-state index contributed by atoms with van der Waals surface area (Å²) in [6.45, 7) is 0. The molecule has 7 heteroatoms. The Morgan fingerprint density at radius 1 is 0.913 bits per heavy atom. The van der Waals surface area contributed by atoms with Crippen LogP contribution in [0, 0.1) is 10.1 Å². The summed E-state index contributed by atoms with van der Waals surface area (Å²) in [6.07, 6.45) is 12.6. The molecule has 0 fully saturated rings. The highest BCUT2D eigenvalue weighted by molar-refractivity contribution is 6.46. The summed E-state index contributed by atoms with van der Waals surface area (Å²) in [7, 11) is 1.42. The van der Waals surface area contributed by atoms with Gasteiger partial charge in [-0.15, -0.1) is 0 Å². The molecule has 0 aromatic heterocycles. The minimum Gasteiger partial charge on any atom is -0.469 e. The second-order valence-corrected chi connectivity index (χ2v) is 7.33. The van der Waals surface area contributed by atoms with Crippen LogP contribution in [0.1, 0.15) is 83.5 Å². The molecule has 0 saturated heterocycles. The van der Waals surface area contributed by atoms with Crippen molar-refractivity contribution in [3.63, 3.8) is 0 Å². The lowest BCUT2D eigenvalue weighted by atomic mass is 10.0. The van der Waals surface area contributed by atoms with Gasteiger partial charge in [0.1, 0.15) is 0 Å². The van der Waals surface area contributed by atoms with Crippen molar-refractivity contribution in [2.45, 2.75) is 87.9 Å². The van der Waals surface area contributed by atoms with Crippen LogP contribution >= 0.6 is 23.2 Å². The Kier molecular flexibility index (Phi) is 13.5. The fraction of sp³-hybridized carbons (Fsp3) is 0.938. The second-order valence-electron chi connectivity index (χ2n) is 5.89. The number of methoxy groups -OCH3 is 1. The van der Waals surface area contributed by atoms with E-state index in [1.165, 1.54) is 39.2 Å². The lowest BCUT2D eigenvalue weighted by Gasteiger charge is -2.09. The number of rotatable bonds is 15. The van der Waals surface area contributed by atoms with Gasteiger partial charge in [0.2, 0.25) is 0 Å². The molecular formula is C16H29Cl2NO4. The van der Waals surface area contributed by atoms with E-state index in [1.807, 2.05) is 0 Å². The Labute approximate surface area is 149 Å². The van der Waals surface area contributed by atoms with Gasteiger partial charge >= 0.3 is 10.4 Å². The summed E-state index contributed by atoms with van der Waals surface area (Å²) < 4.78 is 2.77. The van der Waals surface area contributed by atoms with Gasteiger partial charge in [0.05, 0.1) is 12.0 Å². The molecule has 0 radical (unpaired) electrons. The maximum atomic E-state index is 10.9. The number of unbranched alkanes of at least 4 members (excludes halogenated alkanes) is 10. The predicted molar refractivity (Wildman–Crippen MR) is 93.5 cm³/mol. The molecule has 0 spiro atoms. The molecule has 0 amide bonds. The molecule has 5 nitrogen and oxygen atoms in total. The zero-order valence-corrected chi connectivity index (χ0v) is 15.5. The predicted octanol–water partition coefficient (Wildman–Crippen LogP) is 5.64. The van der Waals surface area contributed by atoms with Crippen molar-refractivity contribution in [3.05, 3.63) is 10.1 Å². The van der Waals surface area contributed by atoms with Crippen molar-refractivity contribution < 1.29 is 14.5 Å². The van der Waals surface area contributed by atoms with Crippen molar-refractivity contribution in [2.24, 2.45) is 0 Å². The number of esters is 1. The van der Waals surface area contributed by atoms with Gasteiger partial charge < -0.3 is 4.74 Å². The molecule has 0 heterocycles. The molecule has 0 aliphatic rings. The average Bonchev–Trinajstić information content (AvgIpc) is 2.51. The maximum Gasteiger partial charge on any atom is 0.370 e. The first-order chi connectivity index (χ1) is 10.9. The highest BCUT2D eigenvalue weighted by Gasteiger charge is 2.36. The summed E-state index contributed by atoms with van der Waals surface area (Å²) in [5, 5.41) is 10.5. The lowest BCUT2D eigenvalue weighted by molar-refractivity contribution is -0.516. The molecule has 0 rings (SSSR count). The third-order valence-electron chi connectivity index (χ3n) is 3.85. The maximum absolute atomic E-state index is 10.9. The lowest BCUT2D eigenvalue weighted by Crippen LogP contribution is -2.24. The first-order valence-electron chi connectivity index (χ1n) is 8.49. The third kappa shape index (κ3) is 13.6. The van der Waals surface area contributed by atoms with Gasteiger partial charge in [-0.2, -0.15) is 0 Å². The number of nitro groups is 1.